The quantitative estimate of drug-likeness (QED) is 0.186. The van der Waals surface area contributed by atoms with Crippen LogP contribution in [0.3, 0.4) is 0 Å². The molecule has 0 radical (unpaired) electrons. The zero-order valence-corrected chi connectivity index (χ0v) is 25.1. The number of fused-ring (bicyclic) bond motifs is 1. The SMILES string of the molecule is C=C[C@@H]1C[C@@H](C(=O)NCc2cc(-c3cnc(C(C)(C)F)nc3)ncc2C(F)(F)F)N(S(=O)(=O)c2cc3cc(F)ccc3o2)[C@H]1C. The first-order valence-electron chi connectivity index (χ1n) is 13.7. The Bertz CT molecular complexity index is 1870. The van der Waals surface area contributed by atoms with Crippen LogP contribution in [0.1, 0.15) is 44.1 Å². The van der Waals surface area contributed by atoms with Crippen molar-refractivity contribution in [3.05, 3.63) is 84.3 Å². The summed E-state index contributed by atoms with van der Waals surface area (Å²) < 4.78 is 104. The van der Waals surface area contributed by atoms with Gasteiger partial charge >= 0.3 is 6.18 Å². The molecule has 0 spiro atoms. The van der Waals surface area contributed by atoms with Crippen molar-refractivity contribution in [1.82, 2.24) is 24.6 Å². The largest absolute Gasteiger partial charge is 0.443 e. The summed E-state index contributed by atoms with van der Waals surface area (Å²) in [6, 6.07) is 3.66. The summed E-state index contributed by atoms with van der Waals surface area (Å²) in [6.07, 6.45) is -0.250. The van der Waals surface area contributed by atoms with Gasteiger partial charge in [-0.2, -0.15) is 17.5 Å². The molecule has 1 N–H and O–H groups in total. The Kier molecular flexibility index (Phi) is 8.29. The zero-order valence-electron chi connectivity index (χ0n) is 24.3. The van der Waals surface area contributed by atoms with Crippen LogP contribution in [0.15, 0.2) is 71.1 Å². The number of rotatable bonds is 8. The predicted molar refractivity (Wildman–Crippen MR) is 153 cm³/mol. The molecule has 3 aromatic heterocycles. The fourth-order valence-electron chi connectivity index (χ4n) is 5.28. The van der Waals surface area contributed by atoms with E-state index in [0.29, 0.717) is 6.20 Å². The molecule has 1 aliphatic heterocycles. The molecule has 4 aromatic rings. The van der Waals surface area contributed by atoms with E-state index in [1.165, 1.54) is 38.4 Å². The highest BCUT2D eigenvalue weighted by Crippen LogP contribution is 2.38. The van der Waals surface area contributed by atoms with Gasteiger partial charge < -0.3 is 9.73 Å². The molecule has 1 aromatic carbocycles. The third kappa shape index (κ3) is 6.31. The number of halogens is 5. The van der Waals surface area contributed by atoms with Gasteiger partial charge in [0.15, 0.2) is 11.5 Å². The maximum atomic E-state index is 14.2. The average Bonchev–Trinajstić information content (AvgIpc) is 3.56. The Balaban J connectivity index is 1.44. The van der Waals surface area contributed by atoms with Crippen molar-refractivity contribution in [2.75, 3.05) is 0 Å². The Labute approximate surface area is 255 Å². The van der Waals surface area contributed by atoms with E-state index in [1.54, 1.807) is 6.92 Å². The first kappa shape index (κ1) is 32.2. The first-order valence-corrected chi connectivity index (χ1v) is 15.2. The normalized spacial score (nSPS) is 19.6. The summed E-state index contributed by atoms with van der Waals surface area (Å²) in [6.45, 7) is 7.19. The molecule has 1 fully saturated rings. The summed E-state index contributed by atoms with van der Waals surface area (Å²) in [5.41, 5.74) is -2.93. The molecule has 4 heterocycles. The van der Waals surface area contributed by atoms with Crippen LogP contribution >= 0.6 is 0 Å². The lowest BCUT2D eigenvalue weighted by Crippen LogP contribution is -2.48. The fourth-order valence-corrected chi connectivity index (χ4v) is 7.07. The van der Waals surface area contributed by atoms with Gasteiger partial charge in [0.1, 0.15) is 17.4 Å². The third-order valence-corrected chi connectivity index (χ3v) is 9.50. The Morgan fingerprint density at radius 2 is 1.80 bits per heavy atom. The van der Waals surface area contributed by atoms with Gasteiger partial charge in [0.2, 0.25) is 11.0 Å². The van der Waals surface area contributed by atoms with Gasteiger partial charge in [-0.1, -0.05) is 6.08 Å². The molecule has 9 nitrogen and oxygen atoms in total. The Morgan fingerprint density at radius 1 is 1.11 bits per heavy atom. The average molecular weight is 650 g/mol. The lowest BCUT2D eigenvalue weighted by molar-refractivity contribution is -0.138. The molecule has 0 saturated carbocycles. The van der Waals surface area contributed by atoms with Gasteiger partial charge in [-0.15, -0.1) is 6.58 Å². The van der Waals surface area contributed by atoms with Crippen LogP contribution in [0.4, 0.5) is 22.0 Å². The van der Waals surface area contributed by atoms with Gasteiger partial charge in [-0.3, -0.25) is 9.78 Å². The maximum Gasteiger partial charge on any atom is 0.418 e. The number of alkyl halides is 4. The van der Waals surface area contributed by atoms with Gasteiger partial charge in [0, 0.05) is 48.2 Å². The van der Waals surface area contributed by atoms with Crippen molar-refractivity contribution in [2.24, 2.45) is 5.92 Å². The summed E-state index contributed by atoms with van der Waals surface area (Å²) in [7, 11) is -4.47. The highest BCUT2D eigenvalue weighted by molar-refractivity contribution is 7.89. The molecule has 45 heavy (non-hydrogen) atoms. The molecular weight excluding hydrogens is 621 g/mol. The van der Waals surface area contributed by atoms with Crippen LogP contribution in [0.25, 0.3) is 22.2 Å². The van der Waals surface area contributed by atoms with Gasteiger partial charge in [0.25, 0.3) is 10.0 Å². The number of carbonyl (C=O) groups excluding carboxylic acids is 1. The maximum absolute atomic E-state index is 14.2. The third-order valence-electron chi connectivity index (χ3n) is 7.64. The highest BCUT2D eigenvalue weighted by atomic mass is 32.2. The monoisotopic (exact) mass is 649 g/mol. The minimum atomic E-state index is -4.82. The summed E-state index contributed by atoms with van der Waals surface area (Å²) in [4.78, 5) is 25.2. The van der Waals surface area contributed by atoms with Crippen LogP contribution in [-0.4, -0.2) is 45.7 Å². The van der Waals surface area contributed by atoms with Crippen molar-refractivity contribution in [1.29, 1.82) is 0 Å². The molecule has 0 bridgehead atoms. The van der Waals surface area contributed by atoms with Crippen molar-refractivity contribution in [3.8, 4) is 11.3 Å². The molecule has 0 aliphatic carbocycles. The highest BCUT2D eigenvalue weighted by Gasteiger charge is 2.49. The molecule has 238 valence electrons. The number of pyridine rings is 1. The number of benzene rings is 1. The number of amides is 1. The number of nitrogens with zero attached hydrogens (tertiary/aromatic N) is 4. The van der Waals surface area contributed by atoms with E-state index >= 15 is 0 Å². The Morgan fingerprint density at radius 3 is 2.42 bits per heavy atom. The second-order valence-corrected chi connectivity index (χ2v) is 13.0. The van der Waals surface area contributed by atoms with Crippen LogP contribution < -0.4 is 5.32 Å². The topological polar surface area (TPSA) is 118 Å². The molecule has 15 heteroatoms. The fraction of sp³-hybridized carbons (Fsp3) is 0.333. The molecule has 1 amide bonds. The molecular formula is C30H28F5N5O4S. The predicted octanol–water partition coefficient (Wildman–Crippen LogP) is 5.92. The van der Waals surface area contributed by atoms with E-state index in [0.717, 1.165) is 28.6 Å². The van der Waals surface area contributed by atoms with E-state index in [4.69, 9.17) is 4.42 Å². The van der Waals surface area contributed by atoms with Crippen molar-refractivity contribution >= 4 is 26.9 Å². The second-order valence-electron chi connectivity index (χ2n) is 11.2. The van der Waals surface area contributed by atoms with Gasteiger partial charge in [-0.05, 0) is 62.9 Å². The van der Waals surface area contributed by atoms with Crippen LogP contribution in [0.2, 0.25) is 0 Å². The summed E-state index contributed by atoms with van der Waals surface area (Å²) >= 11 is 0. The Hall–Kier alpha value is -4.24. The van der Waals surface area contributed by atoms with E-state index in [-0.39, 0.29) is 40.0 Å². The minimum Gasteiger partial charge on any atom is -0.443 e. The number of nitrogens with one attached hydrogen (secondary N) is 1. The minimum absolute atomic E-state index is 0.00686. The molecule has 3 atom stereocenters. The number of hydrogen-bond donors (Lipinski definition) is 1. The van der Waals surface area contributed by atoms with Crippen LogP contribution in [0.5, 0.6) is 0 Å². The van der Waals surface area contributed by atoms with Crippen LogP contribution in [-0.2, 0) is 33.2 Å². The van der Waals surface area contributed by atoms with Crippen molar-refractivity contribution < 1.29 is 39.6 Å². The smallest absolute Gasteiger partial charge is 0.418 e. The van der Waals surface area contributed by atoms with Crippen molar-refractivity contribution in [2.45, 2.75) is 62.8 Å². The lowest BCUT2D eigenvalue weighted by atomic mass is 10.0. The molecule has 0 unspecified atom stereocenters. The van der Waals surface area contributed by atoms with E-state index in [9.17, 15) is 35.2 Å². The van der Waals surface area contributed by atoms with E-state index in [1.807, 2.05) is 0 Å². The molecule has 5 rings (SSSR count). The lowest BCUT2D eigenvalue weighted by Gasteiger charge is -2.26. The molecule has 1 aliphatic rings. The number of hydrogen-bond acceptors (Lipinski definition) is 7. The summed E-state index contributed by atoms with van der Waals surface area (Å²) in [5, 5.41) is 2.13. The van der Waals surface area contributed by atoms with Gasteiger partial charge in [-0.25, -0.2) is 27.2 Å². The first-order chi connectivity index (χ1) is 21.0. The van der Waals surface area contributed by atoms with E-state index in [2.05, 4.69) is 26.8 Å². The van der Waals surface area contributed by atoms with E-state index < -0.39 is 68.8 Å². The van der Waals surface area contributed by atoms with Gasteiger partial charge in [0.05, 0.1) is 11.3 Å². The number of aromatic nitrogens is 3. The molecule has 1 saturated heterocycles. The number of carbonyl (C=O) groups is 1. The zero-order chi connectivity index (χ0) is 32.9. The van der Waals surface area contributed by atoms with Crippen molar-refractivity contribution in [3.63, 3.8) is 0 Å². The van der Waals surface area contributed by atoms with Crippen LogP contribution in [0, 0.1) is 11.7 Å². The standard InChI is InChI=1S/C30H28F5N5O4S/c1-5-17-10-24(40(16(17)2)45(42,43)26-11-18-8-21(31)6-7-25(18)44-26)27(41)37-12-19-9-23(36-15-22(19)30(33,34)35)20-13-38-28(39-14-20)29(3,4)32/h5-9,11,13-17,24H,1,10,12H2,2-4H3,(H,37,41)/t16-,17+,24-/m0/s1. The number of sulfonamides is 1. The second kappa shape index (κ2) is 11.6. The number of furan rings is 1. The summed E-state index contributed by atoms with van der Waals surface area (Å²) in [5.74, 6) is -2.03.